The zero-order valence-electron chi connectivity index (χ0n) is 19.8. The van der Waals surface area contributed by atoms with Crippen molar-refractivity contribution in [1.82, 2.24) is 4.57 Å². The smallest absolute Gasteiger partial charge is 0.338 e. The van der Waals surface area contributed by atoms with Crippen LogP contribution in [0.15, 0.2) is 82.2 Å². The highest BCUT2D eigenvalue weighted by Gasteiger charge is 2.33. The molecule has 1 atom stereocenters. The number of rotatable bonds is 8. The van der Waals surface area contributed by atoms with Gasteiger partial charge >= 0.3 is 5.97 Å². The summed E-state index contributed by atoms with van der Waals surface area (Å²) in [6, 6.07) is 14.1. The molecule has 1 aliphatic rings. The van der Waals surface area contributed by atoms with Crippen LogP contribution in [0.1, 0.15) is 31.0 Å². The van der Waals surface area contributed by atoms with Crippen molar-refractivity contribution in [2.75, 3.05) is 20.3 Å². The molecule has 1 aromatic heterocycles. The van der Waals surface area contributed by atoms with Gasteiger partial charge in [-0.05, 0) is 43.7 Å². The van der Waals surface area contributed by atoms with Crippen LogP contribution in [0.25, 0.3) is 6.08 Å². The number of carbonyl (C=O) groups excluding carboxylic acids is 1. The van der Waals surface area contributed by atoms with Gasteiger partial charge in [0.25, 0.3) is 5.56 Å². The van der Waals surface area contributed by atoms with E-state index < -0.39 is 12.0 Å². The lowest BCUT2D eigenvalue weighted by atomic mass is 9.96. The van der Waals surface area contributed by atoms with Crippen molar-refractivity contribution in [3.8, 4) is 11.5 Å². The number of methoxy groups -OCH3 is 1. The number of thiazole rings is 1. The first-order valence-corrected chi connectivity index (χ1v) is 12.0. The molecule has 0 radical (unpaired) electrons. The van der Waals surface area contributed by atoms with Crippen LogP contribution in [-0.4, -0.2) is 30.9 Å². The van der Waals surface area contributed by atoms with E-state index in [0.717, 1.165) is 11.1 Å². The normalized spacial score (nSPS) is 15.3. The van der Waals surface area contributed by atoms with E-state index in [9.17, 15) is 9.59 Å². The second kappa shape index (κ2) is 10.6. The number of hydrogen-bond acceptors (Lipinski definition) is 7. The summed E-state index contributed by atoms with van der Waals surface area (Å²) in [7, 11) is 1.59. The Kier molecular flexibility index (Phi) is 7.31. The average Bonchev–Trinajstić information content (AvgIpc) is 3.17. The number of allylic oxidation sites excluding steroid dienone is 1. The van der Waals surface area contributed by atoms with Gasteiger partial charge in [0.05, 0.1) is 35.6 Å². The number of aromatic nitrogens is 1. The summed E-state index contributed by atoms with van der Waals surface area (Å²) in [5, 5.41) is 0. The molecule has 0 saturated heterocycles. The molecular weight excluding hydrogens is 464 g/mol. The van der Waals surface area contributed by atoms with E-state index in [4.69, 9.17) is 14.2 Å². The highest BCUT2D eigenvalue weighted by atomic mass is 32.1. The number of hydrogen-bond donors (Lipinski definition) is 0. The van der Waals surface area contributed by atoms with E-state index in [-0.39, 0.29) is 12.2 Å². The van der Waals surface area contributed by atoms with Gasteiger partial charge < -0.3 is 14.2 Å². The predicted molar refractivity (Wildman–Crippen MR) is 136 cm³/mol. The van der Waals surface area contributed by atoms with Crippen LogP contribution >= 0.6 is 11.3 Å². The van der Waals surface area contributed by atoms with Crippen LogP contribution in [-0.2, 0) is 9.53 Å². The van der Waals surface area contributed by atoms with Crippen LogP contribution in [0.3, 0.4) is 0 Å². The Bertz CT molecular complexity index is 1460. The summed E-state index contributed by atoms with van der Waals surface area (Å²) in [4.78, 5) is 31.8. The number of esters is 1. The van der Waals surface area contributed by atoms with Crippen molar-refractivity contribution in [2.45, 2.75) is 19.9 Å². The third kappa shape index (κ3) is 4.83. The third-order valence-corrected chi connectivity index (χ3v) is 6.49. The lowest BCUT2D eigenvalue weighted by Gasteiger charge is -2.24. The topological polar surface area (TPSA) is 79.1 Å². The maximum Gasteiger partial charge on any atom is 0.338 e. The SMILES string of the molecule is C=CCOc1ccc([C@H]2C(C(=O)OCC)=C(C)N=c3s/c(=C\c4ccccc4OC)c(=O)n32)cc1. The molecule has 8 heteroatoms. The number of ether oxygens (including phenoxy) is 3. The molecule has 0 amide bonds. The van der Waals surface area contributed by atoms with Gasteiger partial charge in [0.1, 0.15) is 18.1 Å². The molecule has 0 bridgehead atoms. The van der Waals surface area contributed by atoms with E-state index >= 15 is 0 Å². The zero-order valence-corrected chi connectivity index (χ0v) is 20.6. The molecule has 2 aromatic carbocycles. The molecule has 3 aromatic rings. The Morgan fingerprint density at radius 3 is 2.63 bits per heavy atom. The van der Waals surface area contributed by atoms with Crippen LogP contribution < -0.4 is 24.4 Å². The molecule has 35 heavy (non-hydrogen) atoms. The minimum absolute atomic E-state index is 0.217. The Balaban J connectivity index is 1.90. The van der Waals surface area contributed by atoms with Gasteiger partial charge in [-0.1, -0.05) is 54.3 Å². The minimum Gasteiger partial charge on any atom is -0.496 e. The molecule has 1 aliphatic heterocycles. The Labute approximate surface area is 206 Å². The Morgan fingerprint density at radius 1 is 1.20 bits per heavy atom. The minimum atomic E-state index is -0.682. The molecule has 7 nitrogen and oxygen atoms in total. The molecule has 0 spiro atoms. The molecule has 0 unspecified atom stereocenters. The number of nitrogens with zero attached hydrogens (tertiary/aromatic N) is 2. The molecule has 0 fully saturated rings. The number of carbonyl (C=O) groups is 1. The monoisotopic (exact) mass is 490 g/mol. The standard InChI is InChI=1S/C27H26N2O5S/c1-5-15-34-20-13-11-18(12-14-20)24-23(26(31)33-6-2)17(3)28-27-29(24)25(30)22(35-27)16-19-9-7-8-10-21(19)32-4/h5,7-14,16,24H,1,6,15H2,2-4H3/b22-16-/t24-/m0/s1. The summed E-state index contributed by atoms with van der Waals surface area (Å²) in [6.07, 6.45) is 3.45. The van der Waals surface area contributed by atoms with E-state index in [1.165, 1.54) is 11.3 Å². The lowest BCUT2D eigenvalue weighted by molar-refractivity contribution is -0.139. The van der Waals surface area contributed by atoms with Gasteiger partial charge in [0, 0.05) is 5.56 Å². The predicted octanol–water partition coefficient (Wildman–Crippen LogP) is 3.37. The van der Waals surface area contributed by atoms with Crippen molar-refractivity contribution < 1.29 is 19.0 Å². The number of fused-ring (bicyclic) bond motifs is 1. The maximum absolute atomic E-state index is 13.7. The highest BCUT2D eigenvalue weighted by molar-refractivity contribution is 7.07. The van der Waals surface area contributed by atoms with Crippen molar-refractivity contribution >= 4 is 23.4 Å². The van der Waals surface area contributed by atoms with Crippen LogP contribution in [0.5, 0.6) is 11.5 Å². The zero-order chi connectivity index (χ0) is 24.9. The second-order valence-electron chi connectivity index (χ2n) is 7.71. The molecule has 2 heterocycles. The summed E-state index contributed by atoms with van der Waals surface area (Å²) in [6.45, 7) is 7.77. The van der Waals surface area contributed by atoms with Gasteiger partial charge in [0.2, 0.25) is 0 Å². The quantitative estimate of drug-likeness (QED) is 0.357. The summed E-state index contributed by atoms with van der Waals surface area (Å²) in [5.74, 6) is 0.828. The van der Waals surface area contributed by atoms with E-state index in [0.29, 0.717) is 38.7 Å². The first-order valence-electron chi connectivity index (χ1n) is 11.1. The Hall–Kier alpha value is -3.91. The van der Waals surface area contributed by atoms with Crippen molar-refractivity contribution in [1.29, 1.82) is 0 Å². The fourth-order valence-corrected chi connectivity index (χ4v) is 4.97. The summed E-state index contributed by atoms with van der Waals surface area (Å²) >= 11 is 1.27. The molecule has 0 aliphatic carbocycles. The van der Waals surface area contributed by atoms with Crippen molar-refractivity contribution in [2.24, 2.45) is 4.99 Å². The third-order valence-electron chi connectivity index (χ3n) is 5.51. The van der Waals surface area contributed by atoms with Crippen LogP contribution in [0.4, 0.5) is 0 Å². The fraction of sp³-hybridized carbons (Fsp3) is 0.222. The first kappa shape index (κ1) is 24.2. The summed E-state index contributed by atoms with van der Waals surface area (Å²) in [5.41, 5.74) is 2.14. The fourth-order valence-electron chi connectivity index (χ4n) is 3.94. The average molecular weight is 491 g/mol. The molecule has 180 valence electrons. The van der Waals surface area contributed by atoms with Crippen LogP contribution in [0.2, 0.25) is 0 Å². The largest absolute Gasteiger partial charge is 0.496 e. The lowest BCUT2D eigenvalue weighted by Crippen LogP contribution is -2.39. The van der Waals surface area contributed by atoms with E-state index in [2.05, 4.69) is 11.6 Å². The number of para-hydroxylation sites is 1. The summed E-state index contributed by atoms with van der Waals surface area (Å²) < 4.78 is 18.4. The van der Waals surface area contributed by atoms with Gasteiger partial charge in [-0.3, -0.25) is 9.36 Å². The molecule has 4 rings (SSSR count). The van der Waals surface area contributed by atoms with Gasteiger partial charge in [0.15, 0.2) is 4.80 Å². The first-order chi connectivity index (χ1) is 17.0. The maximum atomic E-state index is 13.7. The Morgan fingerprint density at radius 2 is 1.94 bits per heavy atom. The molecule has 0 N–H and O–H groups in total. The van der Waals surface area contributed by atoms with Gasteiger partial charge in [-0.25, -0.2) is 9.79 Å². The van der Waals surface area contributed by atoms with Gasteiger partial charge in [-0.2, -0.15) is 0 Å². The van der Waals surface area contributed by atoms with E-state index in [1.54, 1.807) is 37.7 Å². The highest BCUT2D eigenvalue weighted by Crippen LogP contribution is 2.31. The van der Waals surface area contributed by atoms with Crippen LogP contribution in [0, 0.1) is 0 Å². The molecule has 0 saturated carbocycles. The van der Waals surface area contributed by atoms with Crippen molar-refractivity contribution in [3.63, 3.8) is 0 Å². The molecular formula is C27H26N2O5S. The van der Waals surface area contributed by atoms with Crippen molar-refractivity contribution in [3.05, 3.63) is 103 Å². The second-order valence-corrected chi connectivity index (χ2v) is 8.72. The number of benzene rings is 2. The van der Waals surface area contributed by atoms with E-state index in [1.807, 2.05) is 48.5 Å². The van der Waals surface area contributed by atoms with Gasteiger partial charge in [-0.15, -0.1) is 0 Å².